The van der Waals surface area contributed by atoms with Crippen LogP contribution >= 0.6 is 0 Å². The van der Waals surface area contributed by atoms with Crippen molar-refractivity contribution in [2.24, 2.45) is 0 Å². The lowest BCUT2D eigenvalue weighted by molar-refractivity contribution is -0.121. The van der Waals surface area contributed by atoms with Gasteiger partial charge in [0, 0.05) is 30.9 Å². The van der Waals surface area contributed by atoms with Crippen LogP contribution in [0.25, 0.3) is 0 Å². The lowest BCUT2D eigenvalue weighted by atomic mass is 10.1. The number of benzene rings is 2. The van der Waals surface area contributed by atoms with E-state index in [1.54, 1.807) is 18.2 Å². The van der Waals surface area contributed by atoms with Gasteiger partial charge in [0.05, 0.1) is 4.90 Å². The molecule has 2 aromatic carbocycles. The molecule has 2 aliphatic rings. The molecular weight excluding hydrogens is 426 g/mol. The van der Waals surface area contributed by atoms with Crippen molar-refractivity contribution in [3.63, 3.8) is 0 Å². The molecule has 170 valence electrons. The third kappa shape index (κ3) is 4.42. The van der Waals surface area contributed by atoms with Crippen molar-refractivity contribution in [2.45, 2.75) is 50.8 Å². The highest BCUT2D eigenvalue weighted by Crippen LogP contribution is 2.31. The minimum absolute atomic E-state index is 0.114. The summed E-state index contributed by atoms with van der Waals surface area (Å²) in [4.78, 5) is 27.3. The van der Waals surface area contributed by atoms with Crippen molar-refractivity contribution < 1.29 is 18.0 Å². The highest BCUT2D eigenvalue weighted by atomic mass is 32.2. The van der Waals surface area contributed by atoms with Gasteiger partial charge in [-0.2, -0.15) is 4.31 Å². The number of carbonyl (C=O) groups is 2. The summed E-state index contributed by atoms with van der Waals surface area (Å²) >= 11 is 0. The summed E-state index contributed by atoms with van der Waals surface area (Å²) in [5.74, 6) is -0.413. The Balaban J connectivity index is 1.59. The van der Waals surface area contributed by atoms with Gasteiger partial charge in [0.2, 0.25) is 21.8 Å². The van der Waals surface area contributed by atoms with E-state index >= 15 is 0 Å². The van der Waals surface area contributed by atoms with E-state index in [0.717, 1.165) is 35.2 Å². The first-order valence-corrected chi connectivity index (χ1v) is 12.5. The van der Waals surface area contributed by atoms with Crippen LogP contribution in [0, 0.1) is 13.8 Å². The molecule has 8 heteroatoms. The molecule has 0 saturated carbocycles. The molecule has 0 aromatic heterocycles. The maximum Gasteiger partial charge on any atom is 0.244 e. The molecule has 7 nitrogen and oxygen atoms in total. The van der Waals surface area contributed by atoms with Crippen LogP contribution in [0.5, 0.6) is 0 Å². The predicted octanol–water partition coefficient (Wildman–Crippen LogP) is 3.40. The molecule has 0 atom stereocenters. The summed E-state index contributed by atoms with van der Waals surface area (Å²) in [6.07, 6.45) is 3.29. The van der Waals surface area contributed by atoms with Crippen molar-refractivity contribution in [3.8, 4) is 0 Å². The van der Waals surface area contributed by atoms with Crippen molar-refractivity contribution in [1.82, 2.24) is 4.31 Å². The van der Waals surface area contributed by atoms with Gasteiger partial charge in [-0.3, -0.25) is 9.59 Å². The predicted molar refractivity (Wildman–Crippen MR) is 124 cm³/mol. The minimum atomic E-state index is -3.54. The largest absolute Gasteiger partial charge is 0.324 e. The maximum atomic E-state index is 13.0. The molecule has 1 fully saturated rings. The first kappa shape index (κ1) is 22.5. The molecule has 2 heterocycles. The molecule has 1 saturated heterocycles. The number of amides is 2. The van der Waals surface area contributed by atoms with E-state index in [-0.39, 0.29) is 23.3 Å². The van der Waals surface area contributed by atoms with Gasteiger partial charge in [0.1, 0.15) is 6.54 Å². The smallest absolute Gasteiger partial charge is 0.244 e. The third-order valence-corrected chi connectivity index (χ3v) is 8.26. The molecule has 1 N–H and O–H groups in total. The van der Waals surface area contributed by atoms with Gasteiger partial charge < -0.3 is 10.2 Å². The number of rotatable bonds is 5. The molecule has 2 amide bonds. The molecule has 2 aliphatic heterocycles. The Bertz CT molecular complexity index is 1150. The normalized spacial score (nSPS) is 17.2. The van der Waals surface area contributed by atoms with E-state index in [1.807, 2.05) is 32.0 Å². The number of sulfonamides is 1. The van der Waals surface area contributed by atoms with Gasteiger partial charge in [-0.15, -0.1) is 0 Å². The molecule has 0 radical (unpaired) electrons. The highest BCUT2D eigenvalue weighted by Gasteiger charge is 2.30. The molecule has 2 aromatic rings. The zero-order valence-electron chi connectivity index (χ0n) is 18.6. The fourth-order valence-electron chi connectivity index (χ4n) is 4.36. The number of nitrogens with zero attached hydrogens (tertiary/aromatic N) is 2. The van der Waals surface area contributed by atoms with E-state index < -0.39 is 10.0 Å². The zero-order valence-corrected chi connectivity index (χ0v) is 19.4. The summed E-state index contributed by atoms with van der Waals surface area (Å²) in [7, 11) is -3.54. The van der Waals surface area contributed by atoms with Crippen LogP contribution in [0.1, 0.15) is 42.4 Å². The number of hydrogen-bond acceptors (Lipinski definition) is 4. The van der Waals surface area contributed by atoms with Gasteiger partial charge in [0.15, 0.2) is 0 Å². The van der Waals surface area contributed by atoms with Crippen LogP contribution in [0.4, 0.5) is 11.4 Å². The van der Waals surface area contributed by atoms with E-state index in [2.05, 4.69) is 5.32 Å². The van der Waals surface area contributed by atoms with Crippen molar-refractivity contribution in [3.05, 3.63) is 53.1 Å². The average molecular weight is 456 g/mol. The molecule has 0 aliphatic carbocycles. The summed E-state index contributed by atoms with van der Waals surface area (Å²) in [6, 6.07) is 10.6. The fourth-order valence-corrected chi connectivity index (χ4v) is 5.92. The average Bonchev–Trinajstić information content (AvgIpc) is 3.26. The van der Waals surface area contributed by atoms with E-state index in [0.29, 0.717) is 38.0 Å². The third-order valence-electron chi connectivity index (χ3n) is 6.36. The topological polar surface area (TPSA) is 86.8 Å². The van der Waals surface area contributed by atoms with Gasteiger partial charge in [-0.1, -0.05) is 12.1 Å². The van der Waals surface area contributed by atoms with Crippen LogP contribution in [0.2, 0.25) is 0 Å². The van der Waals surface area contributed by atoms with Gasteiger partial charge in [-0.05, 0) is 80.5 Å². The van der Waals surface area contributed by atoms with Crippen LogP contribution in [-0.4, -0.2) is 44.2 Å². The van der Waals surface area contributed by atoms with E-state index in [4.69, 9.17) is 0 Å². The monoisotopic (exact) mass is 455 g/mol. The van der Waals surface area contributed by atoms with Gasteiger partial charge in [-0.25, -0.2) is 8.42 Å². The summed E-state index contributed by atoms with van der Waals surface area (Å²) in [5.41, 5.74) is 4.19. The number of nitrogens with one attached hydrogen (secondary N) is 1. The van der Waals surface area contributed by atoms with E-state index in [1.165, 1.54) is 9.21 Å². The molecular formula is C24H29N3O4S. The lowest BCUT2D eigenvalue weighted by Crippen LogP contribution is -2.38. The summed E-state index contributed by atoms with van der Waals surface area (Å²) in [5, 5.41) is 2.91. The summed E-state index contributed by atoms with van der Waals surface area (Å²) in [6.45, 7) is 4.90. The standard InChI is InChI=1S/C24H29N3O4S/c1-17-7-5-9-21(18(17)2)25-23(28)16-27-22-12-11-20(15-19(22)8-6-10-24(27)29)32(30,31)26-13-3-4-14-26/h5,7,9,11-12,15H,3-4,6,8,10,13-14,16H2,1-2H3,(H,25,28). The number of anilines is 2. The second-order valence-corrected chi connectivity index (χ2v) is 10.5. The first-order chi connectivity index (χ1) is 15.3. The SMILES string of the molecule is Cc1cccc(NC(=O)CN2C(=O)CCCc3cc(S(=O)(=O)N4CCCC4)ccc32)c1C. The Morgan fingerprint density at radius 2 is 1.78 bits per heavy atom. The Morgan fingerprint density at radius 1 is 1.03 bits per heavy atom. The Hall–Kier alpha value is -2.71. The van der Waals surface area contributed by atoms with Crippen LogP contribution in [0.3, 0.4) is 0 Å². The Kier molecular flexibility index (Phi) is 6.35. The maximum absolute atomic E-state index is 13.0. The summed E-state index contributed by atoms with van der Waals surface area (Å²) < 4.78 is 27.5. The number of aryl methyl sites for hydroxylation is 2. The second-order valence-electron chi connectivity index (χ2n) is 8.53. The number of hydrogen-bond donors (Lipinski definition) is 1. The van der Waals surface area contributed by atoms with Crippen molar-refractivity contribution in [1.29, 1.82) is 0 Å². The quantitative estimate of drug-likeness (QED) is 0.749. The molecule has 0 unspecified atom stereocenters. The van der Waals surface area contributed by atoms with Gasteiger partial charge >= 0.3 is 0 Å². The number of fused-ring (bicyclic) bond motifs is 1. The van der Waals surface area contributed by atoms with Crippen molar-refractivity contribution >= 4 is 33.2 Å². The van der Waals surface area contributed by atoms with Crippen molar-refractivity contribution in [2.75, 3.05) is 29.9 Å². The minimum Gasteiger partial charge on any atom is -0.324 e. The van der Waals surface area contributed by atoms with Crippen LogP contribution in [-0.2, 0) is 26.0 Å². The number of carbonyl (C=O) groups excluding carboxylic acids is 2. The lowest BCUT2D eigenvalue weighted by Gasteiger charge is -2.24. The fraction of sp³-hybridized carbons (Fsp3) is 0.417. The van der Waals surface area contributed by atoms with Crippen LogP contribution < -0.4 is 10.2 Å². The second kappa shape index (κ2) is 9.03. The molecule has 4 rings (SSSR count). The molecule has 0 bridgehead atoms. The first-order valence-electron chi connectivity index (χ1n) is 11.1. The van der Waals surface area contributed by atoms with Gasteiger partial charge in [0.25, 0.3) is 0 Å². The molecule has 0 spiro atoms. The highest BCUT2D eigenvalue weighted by molar-refractivity contribution is 7.89. The Labute approximate surface area is 189 Å². The van der Waals surface area contributed by atoms with Crippen LogP contribution in [0.15, 0.2) is 41.3 Å². The zero-order chi connectivity index (χ0) is 22.9. The van der Waals surface area contributed by atoms with E-state index in [9.17, 15) is 18.0 Å². The molecule has 32 heavy (non-hydrogen) atoms. The Morgan fingerprint density at radius 3 is 2.53 bits per heavy atom.